The van der Waals surface area contributed by atoms with Crippen LogP contribution in [0.4, 0.5) is 0 Å². The molecule has 3 nitrogen and oxygen atoms in total. The van der Waals surface area contributed by atoms with Crippen LogP contribution in [0.1, 0.15) is 26.1 Å². The maximum Gasteiger partial charge on any atom is 0.107 e. The average molecular weight is 189 g/mol. The summed E-state index contributed by atoms with van der Waals surface area (Å²) >= 11 is 0. The molecule has 0 bridgehead atoms. The average Bonchev–Trinajstić information content (AvgIpc) is 2.59. The van der Waals surface area contributed by atoms with E-state index < -0.39 is 0 Å². The van der Waals surface area contributed by atoms with E-state index in [0.717, 1.165) is 23.3 Å². The molecule has 2 aromatic rings. The van der Waals surface area contributed by atoms with E-state index in [4.69, 9.17) is 0 Å². The smallest absolute Gasteiger partial charge is 0.107 e. The van der Waals surface area contributed by atoms with Crippen LogP contribution < -0.4 is 0 Å². The van der Waals surface area contributed by atoms with E-state index in [1.807, 2.05) is 12.3 Å². The van der Waals surface area contributed by atoms with Crippen molar-refractivity contribution in [3.8, 4) is 0 Å². The summed E-state index contributed by atoms with van der Waals surface area (Å²) in [4.78, 5) is 11.8. The van der Waals surface area contributed by atoms with Crippen molar-refractivity contribution < 1.29 is 0 Å². The normalized spacial score (nSPS) is 13.3. The van der Waals surface area contributed by atoms with Crippen LogP contribution in [0.3, 0.4) is 0 Å². The highest BCUT2D eigenvalue weighted by Gasteiger charge is 2.05. The van der Waals surface area contributed by atoms with Gasteiger partial charge in [0.15, 0.2) is 0 Å². The van der Waals surface area contributed by atoms with Gasteiger partial charge in [0.05, 0.1) is 17.2 Å². The Balaban J connectivity index is 2.27. The highest BCUT2D eigenvalue weighted by Crippen LogP contribution is 2.13. The summed E-state index contributed by atoms with van der Waals surface area (Å²) in [5, 5.41) is 0. The molecule has 1 atom stereocenters. The molecular weight excluding hydrogens is 174 g/mol. The van der Waals surface area contributed by atoms with E-state index in [9.17, 15) is 0 Å². The summed E-state index contributed by atoms with van der Waals surface area (Å²) in [6, 6.07) is 1.94. The predicted octanol–water partition coefficient (Wildman–Crippen LogP) is 2.55. The third-order valence-corrected chi connectivity index (χ3v) is 2.57. The lowest BCUT2D eigenvalue weighted by Gasteiger charge is -2.03. The number of fused-ring (bicyclic) bond motifs is 1. The number of aromatic amines is 1. The standard InChI is InChI=1S/C11H15N3/c1-3-8(2)6-11-13-9-4-5-12-7-10(9)14-11/h4-5,7-8H,3,6H2,1-2H3,(H,13,14). The molecule has 1 N–H and O–H groups in total. The molecule has 0 spiro atoms. The molecule has 3 heteroatoms. The molecule has 14 heavy (non-hydrogen) atoms. The fourth-order valence-corrected chi connectivity index (χ4v) is 1.48. The van der Waals surface area contributed by atoms with Crippen LogP contribution in [0, 0.1) is 5.92 Å². The number of H-pyrrole nitrogens is 1. The van der Waals surface area contributed by atoms with Crippen LogP contribution in [0.5, 0.6) is 0 Å². The number of hydrogen-bond donors (Lipinski definition) is 1. The molecule has 2 rings (SSSR count). The summed E-state index contributed by atoms with van der Waals surface area (Å²) in [5.74, 6) is 1.76. The van der Waals surface area contributed by atoms with Crippen molar-refractivity contribution in [3.63, 3.8) is 0 Å². The summed E-state index contributed by atoms with van der Waals surface area (Å²) in [5.41, 5.74) is 2.05. The minimum atomic E-state index is 0.684. The number of hydrogen-bond acceptors (Lipinski definition) is 2. The number of imidazole rings is 1. The van der Waals surface area contributed by atoms with Gasteiger partial charge in [-0.25, -0.2) is 4.98 Å². The molecular formula is C11H15N3. The van der Waals surface area contributed by atoms with Crippen LogP contribution in [-0.4, -0.2) is 15.0 Å². The van der Waals surface area contributed by atoms with Crippen LogP contribution >= 0.6 is 0 Å². The Morgan fingerprint density at radius 2 is 2.36 bits per heavy atom. The minimum Gasteiger partial charge on any atom is -0.341 e. The van der Waals surface area contributed by atoms with E-state index in [0.29, 0.717) is 5.92 Å². The van der Waals surface area contributed by atoms with Crippen molar-refractivity contribution in [1.82, 2.24) is 15.0 Å². The number of pyridine rings is 1. The second-order valence-corrected chi connectivity index (χ2v) is 3.79. The lowest BCUT2D eigenvalue weighted by Crippen LogP contribution is -1.99. The molecule has 0 aliphatic rings. The Morgan fingerprint density at radius 3 is 3.07 bits per heavy atom. The number of aromatic nitrogens is 3. The molecule has 2 aromatic heterocycles. The summed E-state index contributed by atoms with van der Waals surface area (Å²) in [6.45, 7) is 4.44. The molecule has 0 aliphatic carbocycles. The second kappa shape index (κ2) is 3.78. The molecule has 0 aromatic carbocycles. The fraction of sp³-hybridized carbons (Fsp3) is 0.455. The zero-order valence-electron chi connectivity index (χ0n) is 8.62. The Hall–Kier alpha value is -1.38. The lowest BCUT2D eigenvalue weighted by molar-refractivity contribution is 0.547. The van der Waals surface area contributed by atoms with Crippen LogP contribution in [0.15, 0.2) is 18.5 Å². The maximum absolute atomic E-state index is 4.51. The second-order valence-electron chi connectivity index (χ2n) is 3.79. The Kier molecular flexibility index (Phi) is 2.48. The molecule has 0 fully saturated rings. The Labute approximate surface area is 83.6 Å². The zero-order valence-corrected chi connectivity index (χ0v) is 8.62. The first-order valence-corrected chi connectivity index (χ1v) is 5.08. The lowest BCUT2D eigenvalue weighted by atomic mass is 10.1. The Bertz CT molecular complexity index is 386. The van der Waals surface area contributed by atoms with E-state index in [1.54, 1.807) is 6.20 Å². The maximum atomic E-state index is 4.51. The van der Waals surface area contributed by atoms with Crippen molar-refractivity contribution in [3.05, 3.63) is 24.3 Å². The van der Waals surface area contributed by atoms with E-state index in [2.05, 4.69) is 28.8 Å². The van der Waals surface area contributed by atoms with E-state index in [-0.39, 0.29) is 0 Å². The SMILES string of the molecule is CCC(C)Cc1nc2ccncc2[nH]1. The fourth-order valence-electron chi connectivity index (χ4n) is 1.48. The third-order valence-electron chi connectivity index (χ3n) is 2.57. The van der Waals surface area contributed by atoms with Crippen LogP contribution in [0.2, 0.25) is 0 Å². The molecule has 2 heterocycles. The quantitative estimate of drug-likeness (QED) is 0.806. The van der Waals surface area contributed by atoms with Crippen molar-refractivity contribution in [2.45, 2.75) is 26.7 Å². The number of rotatable bonds is 3. The van der Waals surface area contributed by atoms with Gasteiger partial charge in [-0.2, -0.15) is 0 Å². The van der Waals surface area contributed by atoms with Gasteiger partial charge in [-0.05, 0) is 12.0 Å². The van der Waals surface area contributed by atoms with Gasteiger partial charge in [-0.15, -0.1) is 0 Å². The number of nitrogens with zero attached hydrogens (tertiary/aromatic N) is 2. The van der Waals surface area contributed by atoms with Gasteiger partial charge >= 0.3 is 0 Å². The topological polar surface area (TPSA) is 41.6 Å². The predicted molar refractivity (Wildman–Crippen MR) is 57.0 cm³/mol. The molecule has 74 valence electrons. The molecule has 1 unspecified atom stereocenters. The van der Waals surface area contributed by atoms with E-state index >= 15 is 0 Å². The van der Waals surface area contributed by atoms with E-state index in [1.165, 1.54) is 6.42 Å². The third kappa shape index (κ3) is 1.76. The molecule has 0 radical (unpaired) electrons. The molecule has 0 amide bonds. The van der Waals surface area contributed by atoms with Crippen molar-refractivity contribution >= 4 is 11.0 Å². The molecule has 0 saturated carbocycles. The molecule has 0 aliphatic heterocycles. The first kappa shape index (κ1) is 9.19. The van der Waals surface area contributed by atoms with Gasteiger partial charge in [0.1, 0.15) is 5.82 Å². The van der Waals surface area contributed by atoms with Gasteiger partial charge in [0.2, 0.25) is 0 Å². The minimum absolute atomic E-state index is 0.684. The van der Waals surface area contributed by atoms with Crippen molar-refractivity contribution in [2.75, 3.05) is 0 Å². The van der Waals surface area contributed by atoms with Crippen LogP contribution in [0.25, 0.3) is 11.0 Å². The van der Waals surface area contributed by atoms with Crippen molar-refractivity contribution in [1.29, 1.82) is 0 Å². The summed E-state index contributed by atoms with van der Waals surface area (Å²) in [7, 11) is 0. The first-order chi connectivity index (χ1) is 6.79. The largest absolute Gasteiger partial charge is 0.341 e. The van der Waals surface area contributed by atoms with Gasteiger partial charge in [0.25, 0.3) is 0 Å². The van der Waals surface area contributed by atoms with Crippen molar-refractivity contribution in [2.24, 2.45) is 5.92 Å². The molecule has 0 saturated heterocycles. The number of nitrogens with one attached hydrogen (secondary N) is 1. The van der Waals surface area contributed by atoms with Gasteiger partial charge in [-0.1, -0.05) is 20.3 Å². The summed E-state index contributed by atoms with van der Waals surface area (Å²) in [6.07, 6.45) is 5.80. The highest BCUT2D eigenvalue weighted by molar-refractivity contribution is 5.73. The van der Waals surface area contributed by atoms with Gasteiger partial charge in [-0.3, -0.25) is 4.98 Å². The van der Waals surface area contributed by atoms with Crippen LogP contribution in [-0.2, 0) is 6.42 Å². The monoisotopic (exact) mass is 189 g/mol. The van der Waals surface area contributed by atoms with Gasteiger partial charge < -0.3 is 4.98 Å². The summed E-state index contributed by atoms with van der Waals surface area (Å²) < 4.78 is 0. The highest BCUT2D eigenvalue weighted by atomic mass is 14.9. The van der Waals surface area contributed by atoms with Gasteiger partial charge in [0, 0.05) is 12.6 Å². The first-order valence-electron chi connectivity index (χ1n) is 5.08. The Morgan fingerprint density at radius 1 is 1.50 bits per heavy atom. The zero-order chi connectivity index (χ0) is 9.97.